The maximum atomic E-state index is 13.8. The molecule has 0 radical (unpaired) electrons. The van der Waals surface area contributed by atoms with Crippen LogP contribution in [-0.2, 0) is 29.1 Å². The van der Waals surface area contributed by atoms with Gasteiger partial charge in [-0.15, -0.1) is 0 Å². The third-order valence-corrected chi connectivity index (χ3v) is 6.83. The molecule has 4 rings (SSSR count). The number of rotatable bonds is 6. The average Bonchev–Trinajstić information content (AvgIpc) is 2.84. The van der Waals surface area contributed by atoms with E-state index in [-0.39, 0.29) is 19.0 Å². The second kappa shape index (κ2) is 10.5. The highest BCUT2D eigenvalue weighted by Gasteiger charge is 2.37. The fraction of sp³-hybridized carbons (Fsp3) is 0.222. The first-order valence-corrected chi connectivity index (χ1v) is 11.9. The zero-order chi connectivity index (χ0) is 25.1. The highest BCUT2D eigenvalue weighted by atomic mass is 35.5. The Labute approximate surface area is 213 Å². The van der Waals surface area contributed by atoms with Gasteiger partial charge in [0.15, 0.2) is 0 Å². The number of amides is 2. The minimum Gasteiger partial charge on any atom is -0.480 e. The lowest BCUT2D eigenvalue weighted by Gasteiger charge is -2.38. The summed E-state index contributed by atoms with van der Waals surface area (Å²) in [7, 11) is 0. The standard InChI is InChI=1S/C27H24Cl2N2O4/c1-17-6-9-19(10-7-17)26(34)31-15-21-5-3-2-4-20(21)13-24(31)27(35)30(16-25(32)33)14-18-8-11-22(28)23(29)12-18/h2-12,24H,13-16H2,1H3,(H,32,33). The second-order valence-corrected chi connectivity index (χ2v) is 9.44. The largest absolute Gasteiger partial charge is 0.480 e. The summed E-state index contributed by atoms with van der Waals surface area (Å²) in [5, 5.41) is 10.2. The summed E-state index contributed by atoms with van der Waals surface area (Å²) in [5.74, 6) is -1.86. The molecule has 0 fully saturated rings. The number of carbonyl (C=O) groups is 3. The van der Waals surface area contributed by atoms with E-state index in [2.05, 4.69) is 0 Å². The van der Waals surface area contributed by atoms with E-state index in [1.54, 1.807) is 35.2 Å². The number of aliphatic carboxylic acids is 1. The van der Waals surface area contributed by atoms with E-state index in [0.29, 0.717) is 27.6 Å². The Morgan fingerprint density at radius 2 is 1.66 bits per heavy atom. The Kier molecular flexibility index (Phi) is 7.43. The predicted octanol–water partition coefficient (Wildman–Crippen LogP) is 4.98. The van der Waals surface area contributed by atoms with Crippen molar-refractivity contribution >= 4 is 41.0 Å². The summed E-state index contributed by atoms with van der Waals surface area (Å²) >= 11 is 12.1. The van der Waals surface area contributed by atoms with Gasteiger partial charge in [-0.25, -0.2) is 0 Å². The maximum Gasteiger partial charge on any atom is 0.323 e. The van der Waals surface area contributed by atoms with E-state index >= 15 is 0 Å². The monoisotopic (exact) mass is 510 g/mol. The summed E-state index contributed by atoms with van der Waals surface area (Å²) in [6, 6.07) is 18.9. The van der Waals surface area contributed by atoms with Crippen LogP contribution in [0.1, 0.15) is 32.6 Å². The molecule has 3 aromatic carbocycles. The van der Waals surface area contributed by atoms with Crippen molar-refractivity contribution in [1.82, 2.24) is 9.80 Å². The fourth-order valence-electron chi connectivity index (χ4n) is 4.26. The summed E-state index contributed by atoms with van der Waals surface area (Å²) < 4.78 is 0. The first-order chi connectivity index (χ1) is 16.7. The van der Waals surface area contributed by atoms with E-state index in [4.69, 9.17) is 23.2 Å². The first kappa shape index (κ1) is 24.8. The molecule has 180 valence electrons. The number of carbonyl (C=O) groups excluding carboxylic acids is 2. The fourth-order valence-corrected chi connectivity index (χ4v) is 4.58. The molecule has 0 spiro atoms. The van der Waals surface area contributed by atoms with Gasteiger partial charge in [0.25, 0.3) is 5.91 Å². The summed E-state index contributed by atoms with van der Waals surface area (Å²) in [4.78, 5) is 41.8. The van der Waals surface area contributed by atoms with Crippen LogP contribution in [0.25, 0.3) is 0 Å². The number of halogens is 2. The third kappa shape index (κ3) is 5.66. The van der Waals surface area contributed by atoms with Crippen molar-refractivity contribution in [3.63, 3.8) is 0 Å². The molecule has 0 saturated carbocycles. The minimum absolute atomic E-state index is 0.0206. The van der Waals surface area contributed by atoms with Crippen LogP contribution in [0.2, 0.25) is 10.0 Å². The SMILES string of the molecule is Cc1ccc(C(=O)N2Cc3ccccc3CC2C(=O)N(CC(=O)O)Cc2ccc(Cl)c(Cl)c2)cc1. The molecular formula is C27H24Cl2N2O4. The van der Waals surface area contributed by atoms with E-state index in [1.165, 1.54) is 4.90 Å². The number of carboxylic acids is 1. The van der Waals surface area contributed by atoms with Crippen molar-refractivity contribution in [2.75, 3.05) is 6.54 Å². The average molecular weight is 511 g/mol. The molecule has 1 N–H and O–H groups in total. The molecule has 2 amide bonds. The van der Waals surface area contributed by atoms with Gasteiger partial charge in [-0.05, 0) is 47.9 Å². The molecule has 6 nitrogen and oxygen atoms in total. The van der Waals surface area contributed by atoms with Crippen LogP contribution >= 0.6 is 23.2 Å². The van der Waals surface area contributed by atoms with Crippen LogP contribution in [0.3, 0.4) is 0 Å². The van der Waals surface area contributed by atoms with Gasteiger partial charge in [-0.3, -0.25) is 14.4 Å². The van der Waals surface area contributed by atoms with Crippen LogP contribution < -0.4 is 0 Å². The molecule has 3 aromatic rings. The number of aryl methyl sites for hydroxylation is 1. The lowest BCUT2D eigenvalue weighted by atomic mass is 9.92. The van der Waals surface area contributed by atoms with Gasteiger partial charge in [-0.2, -0.15) is 0 Å². The number of hydrogen-bond donors (Lipinski definition) is 1. The smallest absolute Gasteiger partial charge is 0.323 e. The number of nitrogens with zero attached hydrogens (tertiary/aromatic N) is 2. The lowest BCUT2D eigenvalue weighted by Crippen LogP contribution is -2.54. The quantitative estimate of drug-likeness (QED) is 0.507. The van der Waals surface area contributed by atoms with E-state index in [1.807, 2.05) is 43.3 Å². The van der Waals surface area contributed by atoms with Gasteiger partial charge in [0.2, 0.25) is 5.91 Å². The van der Waals surface area contributed by atoms with Gasteiger partial charge < -0.3 is 14.9 Å². The lowest BCUT2D eigenvalue weighted by molar-refractivity contribution is -0.147. The summed E-state index contributed by atoms with van der Waals surface area (Å²) in [5.41, 5.74) is 4.06. The van der Waals surface area contributed by atoms with Gasteiger partial charge in [-0.1, -0.05) is 71.2 Å². The Balaban J connectivity index is 1.68. The highest BCUT2D eigenvalue weighted by molar-refractivity contribution is 6.42. The normalized spacial score (nSPS) is 14.8. The van der Waals surface area contributed by atoms with Crippen molar-refractivity contribution < 1.29 is 19.5 Å². The Hall–Kier alpha value is -3.35. The predicted molar refractivity (Wildman–Crippen MR) is 135 cm³/mol. The van der Waals surface area contributed by atoms with E-state index < -0.39 is 24.5 Å². The molecule has 8 heteroatoms. The molecule has 0 bridgehead atoms. The van der Waals surface area contributed by atoms with Crippen LogP contribution in [0.4, 0.5) is 0 Å². The van der Waals surface area contributed by atoms with Gasteiger partial charge in [0.1, 0.15) is 12.6 Å². The molecule has 1 heterocycles. The molecular weight excluding hydrogens is 487 g/mol. The zero-order valence-corrected chi connectivity index (χ0v) is 20.6. The van der Waals surface area contributed by atoms with Crippen LogP contribution in [0.15, 0.2) is 66.7 Å². The number of carboxylic acid groups (broad SMARTS) is 1. The van der Waals surface area contributed by atoms with Crippen molar-refractivity contribution in [2.24, 2.45) is 0 Å². The number of benzene rings is 3. The molecule has 1 aliphatic heterocycles. The molecule has 0 saturated heterocycles. The molecule has 0 aliphatic carbocycles. The molecule has 0 aromatic heterocycles. The van der Waals surface area contributed by atoms with Crippen LogP contribution in [0.5, 0.6) is 0 Å². The van der Waals surface area contributed by atoms with Crippen molar-refractivity contribution in [2.45, 2.75) is 32.5 Å². The van der Waals surface area contributed by atoms with Gasteiger partial charge >= 0.3 is 5.97 Å². The van der Waals surface area contributed by atoms with Crippen LogP contribution in [0, 0.1) is 6.92 Å². The van der Waals surface area contributed by atoms with Crippen molar-refractivity contribution in [1.29, 1.82) is 0 Å². The summed E-state index contributed by atoms with van der Waals surface area (Å²) in [6.45, 7) is 1.70. The highest BCUT2D eigenvalue weighted by Crippen LogP contribution is 2.28. The molecule has 35 heavy (non-hydrogen) atoms. The second-order valence-electron chi connectivity index (χ2n) is 8.62. The summed E-state index contributed by atoms with van der Waals surface area (Å²) in [6.07, 6.45) is 0.296. The van der Waals surface area contributed by atoms with E-state index in [0.717, 1.165) is 16.7 Å². The third-order valence-electron chi connectivity index (χ3n) is 6.09. The topological polar surface area (TPSA) is 77.9 Å². The van der Waals surface area contributed by atoms with Crippen molar-refractivity contribution in [3.05, 3.63) is 105 Å². The minimum atomic E-state index is -1.15. The first-order valence-electron chi connectivity index (χ1n) is 11.1. The Morgan fingerprint density at radius 1 is 0.971 bits per heavy atom. The Morgan fingerprint density at radius 3 is 2.31 bits per heavy atom. The van der Waals surface area contributed by atoms with Crippen molar-refractivity contribution in [3.8, 4) is 0 Å². The van der Waals surface area contributed by atoms with E-state index in [9.17, 15) is 19.5 Å². The Bertz CT molecular complexity index is 1280. The molecule has 1 unspecified atom stereocenters. The van der Waals surface area contributed by atoms with Gasteiger partial charge in [0, 0.05) is 25.1 Å². The van der Waals surface area contributed by atoms with Gasteiger partial charge in [0.05, 0.1) is 10.0 Å². The molecule has 1 atom stereocenters. The number of hydrogen-bond acceptors (Lipinski definition) is 3. The number of fused-ring (bicyclic) bond motifs is 1. The molecule has 1 aliphatic rings. The van der Waals surface area contributed by atoms with Crippen LogP contribution in [-0.4, -0.2) is 45.3 Å². The maximum absolute atomic E-state index is 13.8. The zero-order valence-electron chi connectivity index (χ0n) is 19.1.